The average Bonchev–Trinajstić information content (AvgIpc) is 2.61. The van der Waals surface area contributed by atoms with Gasteiger partial charge in [-0.2, -0.15) is 0 Å². The van der Waals surface area contributed by atoms with Crippen molar-refractivity contribution < 1.29 is 14.3 Å². The summed E-state index contributed by atoms with van der Waals surface area (Å²) in [6.45, 7) is 7.57. The molecular formula is C20H26ClN3O3. The van der Waals surface area contributed by atoms with Crippen molar-refractivity contribution in [3.63, 3.8) is 0 Å². The van der Waals surface area contributed by atoms with E-state index < -0.39 is 5.60 Å². The first-order valence-electron chi connectivity index (χ1n) is 9.35. The number of hydrogen-bond acceptors (Lipinski definition) is 5. The summed E-state index contributed by atoms with van der Waals surface area (Å²) in [6.07, 6.45) is 2.63. The van der Waals surface area contributed by atoms with Crippen molar-refractivity contribution in [1.82, 2.24) is 14.9 Å². The van der Waals surface area contributed by atoms with E-state index in [1.54, 1.807) is 4.90 Å². The van der Waals surface area contributed by atoms with Gasteiger partial charge < -0.3 is 14.4 Å². The van der Waals surface area contributed by atoms with Gasteiger partial charge in [0.1, 0.15) is 5.60 Å². The maximum atomic E-state index is 12.3. The standard InChI is InChI=1S/C20H26ClN3O3/c1-20(2,3)27-19(25)24-11-6-7-14(13-24)10-12-26-18-17(21)22-15-8-4-5-9-16(15)23-18/h4-5,8-9,14H,6-7,10-13H2,1-3H3/t14-/m1/s1. The molecule has 146 valence electrons. The number of amides is 1. The maximum Gasteiger partial charge on any atom is 0.410 e. The summed E-state index contributed by atoms with van der Waals surface area (Å²) in [5, 5.41) is 0.271. The molecule has 7 heteroatoms. The van der Waals surface area contributed by atoms with Gasteiger partial charge in [-0.3, -0.25) is 0 Å². The number of ether oxygens (including phenoxy) is 2. The molecule has 1 aliphatic rings. The van der Waals surface area contributed by atoms with Crippen LogP contribution in [0, 0.1) is 5.92 Å². The minimum absolute atomic E-state index is 0.239. The lowest BCUT2D eigenvalue weighted by Gasteiger charge is -2.34. The van der Waals surface area contributed by atoms with Crippen molar-refractivity contribution in [3.8, 4) is 5.88 Å². The molecule has 2 aromatic rings. The molecule has 0 N–H and O–H groups in total. The average molecular weight is 392 g/mol. The van der Waals surface area contributed by atoms with Gasteiger partial charge in [0.2, 0.25) is 0 Å². The smallest absolute Gasteiger partial charge is 0.410 e. The molecule has 0 saturated carbocycles. The summed E-state index contributed by atoms with van der Waals surface area (Å²) in [6, 6.07) is 7.55. The predicted octanol–water partition coefficient (Wildman–Crippen LogP) is 4.70. The van der Waals surface area contributed by atoms with Gasteiger partial charge >= 0.3 is 6.09 Å². The minimum Gasteiger partial charge on any atom is -0.475 e. The highest BCUT2D eigenvalue weighted by molar-refractivity contribution is 6.31. The Morgan fingerprint density at radius 2 is 1.96 bits per heavy atom. The van der Waals surface area contributed by atoms with Gasteiger partial charge in [-0.1, -0.05) is 23.7 Å². The van der Waals surface area contributed by atoms with Crippen LogP contribution in [0.5, 0.6) is 5.88 Å². The molecule has 0 unspecified atom stereocenters. The number of hydrogen-bond donors (Lipinski definition) is 0. The first-order valence-corrected chi connectivity index (χ1v) is 9.72. The minimum atomic E-state index is -0.474. The third kappa shape index (κ3) is 5.45. The van der Waals surface area contributed by atoms with E-state index in [2.05, 4.69) is 9.97 Å². The van der Waals surface area contributed by atoms with Gasteiger partial charge in [0, 0.05) is 13.1 Å². The van der Waals surface area contributed by atoms with Gasteiger partial charge in [0.05, 0.1) is 17.6 Å². The summed E-state index contributed by atoms with van der Waals surface area (Å²) in [5.74, 6) is 0.730. The quantitative estimate of drug-likeness (QED) is 0.755. The predicted molar refractivity (Wildman–Crippen MR) is 105 cm³/mol. The Morgan fingerprint density at radius 1 is 1.26 bits per heavy atom. The topological polar surface area (TPSA) is 64.5 Å². The number of carbonyl (C=O) groups excluding carboxylic acids is 1. The number of piperidine rings is 1. The number of para-hydroxylation sites is 2. The summed E-state index contributed by atoms with van der Waals surface area (Å²) < 4.78 is 11.3. The number of halogens is 1. The Labute approximate surface area is 164 Å². The highest BCUT2D eigenvalue weighted by Crippen LogP contribution is 2.25. The monoisotopic (exact) mass is 391 g/mol. The zero-order chi connectivity index (χ0) is 19.4. The van der Waals surface area contributed by atoms with Crippen molar-refractivity contribution in [2.45, 2.75) is 45.6 Å². The van der Waals surface area contributed by atoms with Gasteiger partial charge in [-0.05, 0) is 58.1 Å². The lowest BCUT2D eigenvalue weighted by molar-refractivity contribution is 0.0154. The highest BCUT2D eigenvalue weighted by atomic mass is 35.5. The molecule has 6 nitrogen and oxygen atoms in total. The number of fused-ring (bicyclic) bond motifs is 1. The third-order valence-electron chi connectivity index (χ3n) is 4.43. The molecule has 27 heavy (non-hydrogen) atoms. The van der Waals surface area contributed by atoms with Gasteiger partial charge in [-0.15, -0.1) is 0 Å². The van der Waals surface area contributed by atoms with Crippen molar-refractivity contribution in [2.24, 2.45) is 5.92 Å². The number of aromatic nitrogens is 2. The SMILES string of the molecule is CC(C)(C)OC(=O)N1CCC[C@H](CCOc2nc3ccccc3nc2Cl)C1. The summed E-state index contributed by atoms with van der Waals surface area (Å²) >= 11 is 6.18. The van der Waals surface area contributed by atoms with E-state index in [-0.39, 0.29) is 11.2 Å². The van der Waals surface area contributed by atoms with E-state index in [1.165, 1.54) is 0 Å². The van der Waals surface area contributed by atoms with Crippen LogP contribution >= 0.6 is 11.6 Å². The Balaban J connectivity index is 1.53. The molecule has 1 fully saturated rings. The van der Waals surface area contributed by atoms with Gasteiger partial charge in [0.25, 0.3) is 5.88 Å². The molecule has 1 atom stereocenters. The maximum absolute atomic E-state index is 12.3. The molecule has 2 heterocycles. The molecule has 0 spiro atoms. The summed E-state index contributed by atoms with van der Waals surface area (Å²) in [7, 11) is 0. The molecular weight excluding hydrogens is 366 g/mol. The molecule has 3 rings (SSSR count). The van der Waals surface area contributed by atoms with Crippen LogP contribution in [0.2, 0.25) is 5.15 Å². The fourth-order valence-corrected chi connectivity index (χ4v) is 3.36. The van der Waals surface area contributed by atoms with E-state index in [4.69, 9.17) is 21.1 Å². The van der Waals surface area contributed by atoms with E-state index in [0.29, 0.717) is 24.9 Å². The zero-order valence-corrected chi connectivity index (χ0v) is 16.8. The normalized spacial score (nSPS) is 17.8. The molecule has 0 aliphatic carbocycles. The second-order valence-electron chi connectivity index (χ2n) is 7.88. The van der Waals surface area contributed by atoms with E-state index in [9.17, 15) is 4.79 Å². The first kappa shape index (κ1) is 19.7. The Hall–Kier alpha value is -2.08. The van der Waals surface area contributed by atoms with Crippen molar-refractivity contribution >= 4 is 28.7 Å². The second-order valence-corrected chi connectivity index (χ2v) is 8.24. The molecule has 1 aliphatic heterocycles. The number of carbonyl (C=O) groups is 1. The van der Waals surface area contributed by atoms with E-state index in [1.807, 2.05) is 45.0 Å². The number of rotatable bonds is 4. The van der Waals surface area contributed by atoms with Crippen LogP contribution in [0.15, 0.2) is 24.3 Å². The Kier molecular flexibility index (Phi) is 6.05. The Morgan fingerprint density at radius 3 is 2.67 bits per heavy atom. The van der Waals surface area contributed by atoms with E-state index >= 15 is 0 Å². The van der Waals surface area contributed by atoms with Crippen molar-refractivity contribution in [2.75, 3.05) is 19.7 Å². The molecule has 0 radical (unpaired) electrons. The fraction of sp³-hybridized carbons (Fsp3) is 0.550. The second kappa shape index (κ2) is 8.30. The van der Waals surface area contributed by atoms with Crippen LogP contribution < -0.4 is 4.74 Å². The summed E-state index contributed by atoms with van der Waals surface area (Å²) in [5.41, 5.74) is 1.03. The third-order valence-corrected chi connectivity index (χ3v) is 4.68. The summed E-state index contributed by atoms with van der Waals surface area (Å²) in [4.78, 5) is 22.8. The van der Waals surface area contributed by atoms with Crippen molar-refractivity contribution in [1.29, 1.82) is 0 Å². The fourth-order valence-electron chi connectivity index (χ4n) is 3.17. The zero-order valence-electron chi connectivity index (χ0n) is 16.1. The first-order chi connectivity index (χ1) is 12.8. The number of nitrogens with zero attached hydrogens (tertiary/aromatic N) is 3. The van der Waals surface area contributed by atoms with Crippen LogP contribution in [0.3, 0.4) is 0 Å². The van der Waals surface area contributed by atoms with Crippen molar-refractivity contribution in [3.05, 3.63) is 29.4 Å². The molecule has 0 bridgehead atoms. The number of likely N-dealkylation sites (tertiary alicyclic amines) is 1. The van der Waals surface area contributed by atoms with Crippen LogP contribution in [-0.4, -0.2) is 46.3 Å². The lowest BCUT2D eigenvalue weighted by atomic mass is 9.95. The largest absolute Gasteiger partial charge is 0.475 e. The molecule has 1 aromatic heterocycles. The lowest BCUT2D eigenvalue weighted by Crippen LogP contribution is -2.43. The van der Waals surface area contributed by atoms with Gasteiger partial charge in [-0.25, -0.2) is 14.8 Å². The highest BCUT2D eigenvalue weighted by Gasteiger charge is 2.27. The molecule has 1 amide bonds. The number of benzene rings is 1. The van der Waals surface area contributed by atoms with E-state index in [0.717, 1.165) is 36.8 Å². The van der Waals surface area contributed by atoms with Crippen LogP contribution in [0.25, 0.3) is 11.0 Å². The van der Waals surface area contributed by atoms with Crippen LogP contribution in [-0.2, 0) is 4.74 Å². The Bertz CT molecular complexity index is 807. The molecule has 1 aromatic carbocycles. The van der Waals surface area contributed by atoms with Gasteiger partial charge in [0.15, 0.2) is 5.15 Å². The molecule has 1 saturated heterocycles. The van der Waals surface area contributed by atoms with Crippen LogP contribution in [0.4, 0.5) is 4.79 Å². The van der Waals surface area contributed by atoms with Crippen LogP contribution in [0.1, 0.15) is 40.0 Å².